The van der Waals surface area contributed by atoms with Gasteiger partial charge in [0.1, 0.15) is 17.4 Å². The van der Waals surface area contributed by atoms with Gasteiger partial charge in [0.05, 0.1) is 6.61 Å². The van der Waals surface area contributed by atoms with E-state index in [2.05, 4.69) is 15.6 Å². The minimum absolute atomic E-state index is 0. The highest BCUT2D eigenvalue weighted by atomic mass is 127. The number of benzene rings is 2. The first-order valence-corrected chi connectivity index (χ1v) is 7.86. The summed E-state index contributed by atoms with van der Waals surface area (Å²) in [6, 6.07) is 9.07. The first-order chi connectivity index (χ1) is 12.2. The maximum Gasteiger partial charge on any atom is 0.191 e. The Labute approximate surface area is 167 Å². The molecule has 140 valence electrons. The first kappa shape index (κ1) is 20.4. The van der Waals surface area contributed by atoms with Gasteiger partial charge in [-0.1, -0.05) is 12.1 Å². The van der Waals surface area contributed by atoms with E-state index in [-0.39, 0.29) is 42.4 Å². The quantitative estimate of drug-likeness (QED) is 0.405. The number of rotatable bonds is 4. The van der Waals surface area contributed by atoms with Crippen LogP contribution in [-0.2, 0) is 24.4 Å². The molecule has 0 atom stereocenters. The van der Waals surface area contributed by atoms with Gasteiger partial charge in [-0.25, -0.2) is 8.78 Å². The van der Waals surface area contributed by atoms with E-state index in [1.807, 2.05) is 0 Å². The van der Waals surface area contributed by atoms with Crippen molar-refractivity contribution in [2.45, 2.75) is 19.7 Å². The van der Waals surface area contributed by atoms with E-state index < -0.39 is 0 Å². The maximum atomic E-state index is 13.7. The van der Waals surface area contributed by atoms with Gasteiger partial charge in [-0.15, -0.1) is 24.0 Å². The van der Waals surface area contributed by atoms with E-state index in [0.717, 1.165) is 5.56 Å². The zero-order chi connectivity index (χ0) is 17.6. The van der Waals surface area contributed by atoms with Crippen molar-refractivity contribution in [1.82, 2.24) is 10.6 Å². The molecule has 3 rings (SSSR count). The normalized spacial score (nSPS) is 13.3. The number of nitrogens with zero attached hydrogens (tertiary/aromatic N) is 1. The lowest BCUT2D eigenvalue weighted by atomic mass is 10.1. The number of hydrogen-bond acceptors (Lipinski definition) is 3. The van der Waals surface area contributed by atoms with Crippen LogP contribution in [-0.4, -0.2) is 19.8 Å². The molecule has 0 spiro atoms. The van der Waals surface area contributed by atoms with E-state index >= 15 is 0 Å². The summed E-state index contributed by atoms with van der Waals surface area (Å²) in [6.07, 6.45) is 0. The van der Waals surface area contributed by atoms with Crippen LogP contribution in [0.2, 0.25) is 0 Å². The Balaban J connectivity index is 0.00000243. The molecule has 8 heteroatoms. The van der Waals surface area contributed by atoms with Crippen molar-refractivity contribution in [3.05, 3.63) is 64.7 Å². The van der Waals surface area contributed by atoms with E-state index in [0.29, 0.717) is 42.5 Å². The number of ether oxygens (including phenoxy) is 2. The van der Waals surface area contributed by atoms with E-state index in [9.17, 15) is 8.78 Å². The zero-order valence-corrected chi connectivity index (χ0v) is 16.6. The lowest BCUT2D eigenvalue weighted by molar-refractivity contribution is -0.0172. The third kappa shape index (κ3) is 5.28. The largest absolute Gasteiger partial charge is 0.467 e. The number of aliphatic imine (C=N–C) groups is 1. The Morgan fingerprint density at radius 2 is 1.81 bits per heavy atom. The first-order valence-electron chi connectivity index (χ1n) is 7.86. The molecule has 0 fully saturated rings. The standard InChI is InChI=1S/C18H19F2N3O2.HI/c1-21-18(22-8-12-2-4-15(19)5-3-12)23-9-13-6-16(20)7-14-10-24-11-25-17(13)14;/h2-7H,8-11H2,1H3,(H2,21,22,23);1H. The Hall–Kier alpha value is -1.94. The molecule has 0 saturated heterocycles. The summed E-state index contributed by atoms with van der Waals surface area (Å²) >= 11 is 0. The zero-order valence-electron chi connectivity index (χ0n) is 14.2. The van der Waals surface area contributed by atoms with Crippen molar-refractivity contribution in [3.63, 3.8) is 0 Å². The molecule has 1 aliphatic rings. The molecule has 0 radical (unpaired) electrons. The summed E-state index contributed by atoms with van der Waals surface area (Å²) in [6.45, 7) is 1.33. The molecule has 0 unspecified atom stereocenters. The van der Waals surface area contributed by atoms with E-state index in [4.69, 9.17) is 9.47 Å². The fourth-order valence-electron chi connectivity index (χ4n) is 2.58. The van der Waals surface area contributed by atoms with Gasteiger partial charge < -0.3 is 20.1 Å². The van der Waals surface area contributed by atoms with Crippen LogP contribution in [0, 0.1) is 11.6 Å². The molecule has 2 aromatic carbocycles. The minimum Gasteiger partial charge on any atom is -0.467 e. The van der Waals surface area contributed by atoms with Crippen molar-refractivity contribution < 1.29 is 18.3 Å². The number of halogens is 3. The summed E-state index contributed by atoms with van der Waals surface area (Å²) in [7, 11) is 1.64. The fraction of sp³-hybridized carbons (Fsp3) is 0.278. The third-order valence-corrected chi connectivity index (χ3v) is 3.79. The molecule has 26 heavy (non-hydrogen) atoms. The molecule has 0 bridgehead atoms. The SMILES string of the molecule is CN=C(NCc1ccc(F)cc1)NCc1cc(F)cc2c1OCOC2.I. The second-order valence-electron chi connectivity index (χ2n) is 5.57. The molecule has 2 aromatic rings. The van der Waals surface area contributed by atoms with Gasteiger partial charge in [-0.2, -0.15) is 0 Å². The van der Waals surface area contributed by atoms with Crippen molar-refractivity contribution >= 4 is 29.9 Å². The van der Waals surface area contributed by atoms with Crippen LogP contribution in [0.25, 0.3) is 0 Å². The lowest BCUT2D eigenvalue weighted by Crippen LogP contribution is -2.36. The monoisotopic (exact) mass is 475 g/mol. The van der Waals surface area contributed by atoms with Crippen molar-refractivity contribution in [2.75, 3.05) is 13.8 Å². The number of nitrogens with one attached hydrogen (secondary N) is 2. The molecule has 0 saturated carbocycles. The summed E-state index contributed by atoms with van der Waals surface area (Å²) in [5, 5.41) is 6.25. The fourth-order valence-corrected chi connectivity index (χ4v) is 2.58. The lowest BCUT2D eigenvalue weighted by Gasteiger charge is -2.21. The average Bonchev–Trinajstić information content (AvgIpc) is 2.63. The van der Waals surface area contributed by atoms with Gasteiger partial charge in [0.15, 0.2) is 12.8 Å². The molecular weight excluding hydrogens is 455 g/mol. The summed E-state index contributed by atoms with van der Waals surface area (Å²) in [4.78, 5) is 4.13. The van der Waals surface area contributed by atoms with Crippen LogP contribution < -0.4 is 15.4 Å². The maximum absolute atomic E-state index is 13.7. The molecule has 1 aliphatic heterocycles. The average molecular weight is 475 g/mol. The number of fused-ring (bicyclic) bond motifs is 1. The highest BCUT2D eigenvalue weighted by molar-refractivity contribution is 14.0. The second-order valence-corrected chi connectivity index (χ2v) is 5.57. The van der Waals surface area contributed by atoms with E-state index in [1.54, 1.807) is 19.2 Å². The number of hydrogen-bond donors (Lipinski definition) is 2. The summed E-state index contributed by atoms with van der Waals surface area (Å²) in [5.74, 6) is 0.591. The van der Waals surface area contributed by atoms with Gasteiger partial charge >= 0.3 is 0 Å². The van der Waals surface area contributed by atoms with Gasteiger partial charge in [-0.3, -0.25) is 4.99 Å². The van der Waals surface area contributed by atoms with Crippen LogP contribution in [0.4, 0.5) is 8.78 Å². The molecular formula is C18H20F2IN3O2. The molecule has 2 N–H and O–H groups in total. The van der Waals surface area contributed by atoms with Gasteiger partial charge in [0.25, 0.3) is 0 Å². The highest BCUT2D eigenvalue weighted by Crippen LogP contribution is 2.29. The third-order valence-electron chi connectivity index (χ3n) is 3.79. The number of guanidine groups is 1. The summed E-state index contributed by atoms with van der Waals surface area (Å²) < 4.78 is 37.3. The van der Waals surface area contributed by atoms with Gasteiger partial charge in [-0.05, 0) is 29.8 Å². The minimum atomic E-state index is -0.334. The Morgan fingerprint density at radius 1 is 1.08 bits per heavy atom. The molecule has 0 aromatic heterocycles. The Bertz CT molecular complexity index is 770. The predicted molar refractivity (Wildman–Crippen MR) is 106 cm³/mol. The van der Waals surface area contributed by atoms with Crippen LogP contribution in [0.5, 0.6) is 5.75 Å². The van der Waals surface area contributed by atoms with Gasteiger partial charge in [0.2, 0.25) is 0 Å². The molecule has 0 amide bonds. The van der Waals surface area contributed by atoms with Crippen LogP contribution in [0.1, 0.15) is 16.7 Å². The highest BCUT2D eigenvalue weighted by Gasteiger charge is 2.17. The van der Waals surface area contributed by atoms with Crippen molar-refractivity contribution in [2.24, 2.45) is 4.99 Å². The molecule has 5 nitrogen and oxygen atoms in total. The van der Waals surface area contributed by atoms with Crippen LogP contribution >= 0.6 is 24.0 Å². The summed E-state index contributed by atoms with van der Waals surface area (Å²) in [5.41, 5.74) is 2.31. The Kier molecular flexibility index (Phi) is 7.58. The van der Waals surface area contributed by atoms with Crippen molar-refractivity contribution in [3.8, 4) is 5.75 Å². The van der Waals surface area contributed by atoms with Gasteiger partial charge in [0, 0.05) is 31.3 Å². The topological polar surface area (TPSA) is 54.9 Å². The van der Waals surface area contributed by atoms with E-state index in [1.165, 1.54) is 24.3 Å². The molecule has 0 aliphatic carbocycles. The van der Waals surface area contributed by atoms with Crippen molar-refractivity contribution in [1.29, 1.82) is 0 Å². The Morgan fingerprint density at radius 3 is 2.54 bits per heavy atom. The smallest absolute Gasteiger partial charge is 0.191 e. The molecule has 1 heterocycles. The second kappa shape index (κ2) is 9.67. The van der Waals surface area contributed by atoms with Crippen LogP contribution in [0.15, 0.2) is 41.4 Å². The predicted octanol–water partition coefficient (Wildman–Crippen LogP) is 3.31. The van der Waals surface area contributed by atoms with Crippen LogP contribution in [0.3, 0.4) is 0 Å².